The summed E-state index contributed by atoms with van der Waals surface area (Å²) in [5.74, 6) is 0. The molecule has 0 aliphatic rings. The molecule has 0 aromatic heterocycles. The summed E-state index contributed by atoms with van der Waals surface area (Å²) in [5.41, 5.74) is 2.84. The van der Waals surface area contributed by atoms with E-state index in [1.807, 2.05) is 7.05 Å². The van der Waals surface area contributed by atoms with Gasteiger partial charge in [0.2, 0.25) is 0 Å². The average molecular weight is 177 g/mol. The Morgan fingerprint density at radius 1 is 1.23 bits per heavy atom. The zero-order chi connectivity index (χ0) is 9.52. The van der Waals surface area contributed by atoms with Gasteiger partial charge >= 0.3 is 0 Å². The van der Waals surface area contributed by atoms with E-state index in [9.17, 15) is 0 Å². The maximum atomic E-state index is 3.17. The second kappa shape index (κ2) is 5.76. The van der Waals surface area contributed by atoms with E-state index in [0.29, 0.717) is 0 Å². The van der Waals surface area contributed by atoms with Crippen LogP contribution < -0.4 is 5.32 Å². The molecule has 0 radical (unpaired) electrons. The van der Waals surface area contributed by atoms with E-state index < -0.39 is 0 Å². The molecule has 13 heavy (non-hydrogen) atoms. The molecule has 1 N–H and O–H groups in total. The van der Waals surface area contributed by atoms with Crippen molar-refractivity contribution in [2.75, 3.05) is 13.6 Å². The Morgan fingerprint density at radius 2 is 2.08 bits per heavy atom. The number of aryl methyl sites for hydroxylation is 2. The lowest BCUT2D eigenvalue weighted by molar-refractivity contribution is 0.677. The third-order valence-corrected chi connectivity index (χ3v) is 2.22. The lowest BCUT2D eigenvalue weighted by Gasteiger charge is -2.02. The first-order chi connectivity index (χ1) is 6.33. The number of benzene rings is 1. The highest BCUT2D eigenvalue weighted by atomic mass is 14.8. The summed E-state index contributed by atoms with van der Waals surface area (Å²) < 4.78 is 0. The Labute approximate surface area is 81.2 Å². The largest absolute Gasteiger partial charge is 0.320 e. The van der Waals surface area contributed by atoms with E-state index in [1.54, 1.807) is 0 Å². The van der Waals surface area contributed by atoms with Crippen molar-refractivity contribution in [2.24, 2.45) is 0 Å². The molecule has 1 rings (SSSR count). The Balaban J connectivity index is 2.28. The summed E-state index contributed by atoms with van der Waals surface area (Å²) in [6, 6.07) is 8.78. The van der Waals surface area contributed by atoms with Crippen LogP contribution in [-0.2, 0) is 6.42 Å². The molecule has 0 saturated carbocycles. The lowest BCUT2D eigenvalue weighted by Crippen LogP contribution is -2.07. The van der Waals surface area contributed by atoms with Crippen LogP contribution in [0.4, 0.5) is 0 Å². The van der Waals surface area contributed by atoms with Gasteiger partial charge in [-0.3, -0.25) is 0 Å². The summed E-state index contributed by atoms with van der Waals surface area (Å²) in [6.45, 7) is 3.28. The molecule has 1 heteroatoms. The topological polar surface area (TPSA) is 12.0 Å². The zero-order valence-corrected chi connectivity index (χ0v) is 8.64. The summed E-state index contributed by atoms with van der Waals surface area (Å²) in [4.78, 5) is 0. The van der Waals surface area contributed by atoms with Crippen LogP contribution in [0.3, 0.4) is 0 Å². The van der Waals surface area contributed by atoms with Crippen LogP contribution in [-0.4, -0.2) is 13.6 Å². The van der Waals surface area contributed by atoms with E-state index in [4.69, 9.17) is 0 Å². The molecule has 0 aliphatic heterocycles. The highest BCUT2D eigenvalue weighted by Crippen LogP contribution is 2.07. The molecule has 0 saturated heterocycles. The highest BCUT2D eigenvalue weighted by molar-refractivity contribution is 5.22. The monoisotopic (exact) mass is 177 g/mol. The molecule has 72 valence electrons. The second-order valence-electron chi connectivity index (χ2n) is 3.55. The first kappa shape index (κ1) is 10.3. The standard InChI is InChI=1S/C12H19N/c1-11-6-5-8-12(10-11)7-3-4-9-13-2/h5-6,8,10,13H,3-4,7,9H2,1-2H3. The van der Waals surface area contributed by atoms with Crippen molar-refractivity contribution in [3.05, 3.63) is 35.4 Å². The van der Waals surface area contributed by atoms with Gasteiger partial charge in [-0.15, -0.1) is 0 Å². The van der Waals surface area contributed by atoms with E-state index in [-0.39, 0.29) is 0 Å². The van der Waals surface area contributed by atoms with Crippen LogP contribution in [0.15, 0.2) is 24.3 Å². The third-order valence-electron chi connectivity index (χ3n) is 2.22. The van der Waals surface area contributed by atoms with Gasteiger partial charge in [-0.25, -0.2) is 0 Å². The van der Waals surface area contributed by atoms with Crippen molar-refractivity contribution in [3.8, 4) is 0 Å². The van der Waals surface area contributed by atoms with Crippen molar-refractivity contribution in [3.63, 3.8) is 0 Å². The predicted octanol–water partition coefficient (Wildman–Crippen LogP) is 2.54. The fourth-order valence-electron chi connectivity index (χ4n) is 1.50. The van der Waals surface area contributed by atoms with Gasteiger partial charge in [0.25, 0.3) is 0 Å². The lowest BCUT2D eigenvalue weighted by atomic mass is 10.1. The molecule has 0 atom stereocenters. The normalized spacial score (nSPS) is 10.3. The predicted molar refractivity (Wildman–Crippen MR) is 58.0 cm³/mol. The van der Waals surface area contributed by atoms with E-state index in [0.717, 1.165) is 6.54 Å². The van der Waals surface area contributed by atoms with Crippen molar-refractivity contribution in [1.82, 2.24) is 5.32 Å². The van der Waals surface area contributed by atoms with Gasteiger partial charge in [-0.1, -0.05) is 29.8 Å². The molecule has 0 unspecified atom stereocenters. The Bertz CT molecular complexity index is 243. The first-order valence-electron chi connectivity index (χ1n) is 5.03. The second-order valence-corrected chi connectivity index (χ2v) is 3.55. The van der Waals surface area contributed by atoms with Crippen LogP contribution in [0.5, 0.6) is 0 Å². The van der Waals surface area contributed by atoms with Gasteiger partial charge in [-0.05, 0) is 45.3 Å². The smallest absolute Gasteiger partial charge is 0.00518 e. The molecule has 0 heterocycles. The zero-order valence-electron chi connectivity index (χ0n) is 8.64. The molecule has 1 aromatic rings. The number of rotatable bonds is 5. The minimum Gasteiger partial charge on any atom is -0.320 e. The van der Waals surface area contributed by atoms with Crippen molar-refractivity contribution >= 4 is 0 Å². The molecule has 0 amide bonds. The maximum absolute atomic E-state index is 3.17. The minimum absolute atomic E-state index is 1.13. The van der Waals surface area contributed by atoms with Gasteiger partial charge < -0.3 is 5.32 Å². The van der Waals surface area contributed by atoms with E-state index in [1.165, 1.54) is 30.4 Å². The Hall–Kier alpha value is -0.820. The Kier molecular flexibility index (Phi) is 4.55. The maximum Gasteiger partial charge on any atom is -0.00518 e. The molecule has 0 spiro atoms. The van der Waals surface area contributed by atoms with E-state index in [2.05, 4.69) is 36.5 Å². The van der Waals surface area contributed by atoms with Crippen LogP contribution in [0.25, 0.3) is 0 Å². The molecule has 0 aliphatic carbocycles. The van der Waals surface area contributed by atoms with Gasteiger partial charge in [0.05, 0.1) is 0 Å². The first-order valence-corrected chi connectivity index (χ1v) is 5.03. The third kappa shape index (κ3) is 4.09. The highest BCUT2D eigenvalue weighted by Gasteiger charge is 1.92. The Morgan fingerprint density at radius 3 is 2.77 bits per heavy atom. The molecule has 1 nitrogen and oxygen atoms in total. The van der Waals surface area contributed by atoms with Crippen LogP contribution >= 0.6 is 0 Å². The number of unbranched alkanes of at least 4 members (excludes halogenated alkanes) is 1. The SMILES string of the molecule is CNCCCCc1cccc(C)c1. The fourth-order valence-corrected chi connectivity index (χ4v) is 1.50. The van der Waals surface area contributed by atoms with Gasteiger partial charge in [0.1, 0.15) is 0 Å². The van der Waals surface area contributed by atoms with Crippen LogP contribution in [0, 0.1) is 6.92 Å². The van der Waals surface area contributed by atoms with Gasteiger partial charge in [0.15, 0.2) is 0 Å². The minimum atomic E-state index is 1.13. The quantitative estimate of drug-likeness (QED) is 0.681. The van der Waals surface area contributed by atoms with E-state index >= 15 is 0 Å². The number of hydrogen-bond acceptors (Lipinski definition) is 1. The number of nitrogens with one attached hydrogen (secondary N) is 1. The van der Waals surface area contributed by atoms with Gasteiger partial charge in [0, 0.05) is 0 Å². The summed E-state index contributed by atoms with van der Waals surface area (Å²) in [6.07, 6.45) is 3.76. The molecular formula is C12H19N. The number of hydrogen-bond donors (Lipinski definition) is 1. The average Bonchev–Trinajstić information content (AvgIpc) is 2.13. The molecular weight excluding hydrogens is 158 g/mol. The molecule has 0 bridgehead atoms. The van der Waals surface area contributed by atoms with Crippen LogP contribution in [0.1, 0.15) is 24.0 Å². The molecule has 1 aromatic carbocycles. The molecule has 0 fully saturated rings. The summed E-state index contributed by atoms with van der Waals surface area (Å²) in [5, 5.41) is 3.17. The van der Waals surface area contributed by atoms with Crippen molar-refractivity contribution in [2.45, 2.75) is 26.2 Å². The summed E-state index contributed by atoms with van der Waals surface area (Å²) in [7, 11) is 2.01. The van der Waals surface area contributed by atoms with Crippen molar-refractivity contribution < 1.29 is 0 Å². The summed E-state index contributed by atoms with van der Waals surface area (Å²) >= 11 is 0. The fraction of sp³-hybridized carbons (Fsp3) is 0.500. The van der Waals surface area contributed by atoms with Crippen molar-refractivity contribution in [1.29, 1.82) is 0 Å². The van der Waals surface area contributed by atoms with Crippen LogP contribution in [0.2, 0.25) is 0 Å². The van der Waals surface area contributed by atoms with Gasteiger partial charge in [-0.2, -0.15) is 0 Å².